The van der Waals surface area contributed by atoms with Crippen LogP contribution in [0.25, 0.3) is 0 Å². The highest BCUT2D eigenvalue weighted by molar-refractivity contribution is 5.79. The van der Waals surface area contributed by atoms with Crippen molar-refractivity contribution in [2.45, 2.75) is 70.1 Å². The monoisotopic (exact) mass is 306 g/mol. The highest BCUT2D eigenvalue weighted by atomic mass is 19.2. The maximum Gasteiger partial charge on any atom is 0.162 e. The summed E-state index contributed by atoms with van der Waals surface area (Å²) in [5.74, 6) is -0.224. The van der Waals surface area contributed by atoms with Crippen molar-refractivity contribution < 1.29 is 13.6 Å². The molecule has 0 spiro atoms. The zero-order valence-corrected chi connectivity index (χ0v) is 13.2. The van der Waals surface area contributed by atoms with Crippen LogP contribution >= 0.6 is 0 Å². The molecule has 0 unspecified atom stereocenters. The Balaban J connectivity index is 1.81. The first-order valence-electron chi connectivity index (χ1n) is 8.55. The molecular weight excluding hydrogens is 282 g/mol. The molecule has 0 heterocycles. The Morgan fingerprint density at radius 3 is 1.77 bits per heavy atom. The predicted molar refractivity (Wildman–Crippen MR) is 82.9 cm³/mol. The van der Waals surface area contributed by atoms with Gasteiger partial charge in [-0.2, -0.15) is 0 Å². The second-order valence-corrected chi connectivity index (χ2v) is 7.14. The summed E-state index contributed by atoms with van der Waals surface area (Å²) in [4.78, 5) is 11.3. The molecule has 0 amide bonds. The summed E-state index contributed by atoms with van der Waals surface area (Å²) >= 11 is 0. The largest absolute Gasteiger partial charge is 0.300 e. The van der Waals surface area contributed by atoms with Gasteiger partial charge in [-0.1, -0.05) is 31.9 Å². The van der Waals surface area contributed by atoms with E-state index in [0.29, 0.717) is 42.7 Å². The number of carbonyl (C=O) groups is 1. The van der Waals surface area contributed by atoms with E-state index in [2.05, 4.69) is 6.92 Å². The number of benzene rings is 1. The van der Waals surface area contributed by atoms with Crippen LogP contribution < -0.4 is 0 Å². The van der Waals surface area contributed by atoms with Crippen molar-refractivity contribution in [2.75, 3.05) is 0 Å². The van der Waals surface area contributed by atoms with Crippen molar-refractivity contribution in [2.24, 2.45) is 5.92 Å². The normalized spacial score (nSPS) is 27.1. The van der Waals surface area contributed by atoms with Crippen molar-refractivity contribution in [3.05, 3.63) is 34.9 Å². The number of hydrogen-bond donors (Lipinski definition) is 0. The molecule has 2 aliphatic carbocycles. The molecular formula is C19H24F2O. The fourth-order valence-corrected chi connectivity index (χ4v) is 4.03. The van der Waals surface area contributed by atoms with Gasteiger partial charge in [0, 0.05) is 12.8 Å². The van der Waals surface area contributed by atoms with E-state index in [0.717, 1.165) is 25.7 Å². The number of hydrogen-bond acceptors (Lipinski definition) is 1. The Bertz CT molecular complexity index is 549. The Morgan fingerprint density at radius 1 is 0.818 bits per heavy atom. The van der Waals surface area contributed by atoms with Crippen LogP contribution in [0.3, 0.4) is 0 Å². The third-order valence-corrected chi connectivity index (χ3v) is 5.58. The smallest absolute Gasteiger partial charge is 0.162 e. The summed E-state index contributed by atoms with van der Waals surface area (Å²) in [7, 11) is 0. The minimum Gasteiger partial charge on any atom is -0.300 e. The Morgan fingerprint density at radius 2 is 1.27 bits per heavy atom. The lowest BCUT2D eigenvalue weighted by atomic mass is 9.78. The van der Waals surface area contributed by atoms with E-state index in [1.807, 2.05) is 0 Å². The van der Waals surface area contributed by atoms with Gasteiger partial charge in [-0.15, -0.1) is 0 Å². The van der Waals surface area contributed by atoms with E-state index in [1.54, 1.807) is 12.1 Å². The van der Waals surface area contributed by atoms with E-state index in [-0.39, 0.29) is 17.6 Å². The molecule has 1 nitrogen and oxygen atoms in total. The fraction of sp³-hybridized carbons (Fsp3) is 0.632. The lowest BCUT2D eigenvalue weighted by Gasteiger charge is -2.28. The summed E-state index contributed by atoms with van der Waals surface area (Å²) in [6.45, 7) is 2.22. The summed E-state index contributed by atoms with van der Waals surface area (Å²) in [5.41, 5.74) is 1.03. The molecule has 1 aromatic rings. The second-order valence-electron chi connectivity index (χ2n) is 7.14. The van der Waals surface area contributed by atoms with Crippen molar-refractivity contribution >= 4 is 5.78 Å². The van der Waals surface area contributed by atoms with E-state index >= 15 is 0 Å². The minimum absolute atomic E-state index is 0.00683. The summed E-state index contributed by atoms with van der Waals surface area (Å²) in [5, 5.41) is 0. The molecule has 0 N–H and O–H groups in total. The van der Waals surface area contributed by atoms with Gasteiger partial charge in [-0.05, 0) is 54.6 Å². The molecule has 2 fully saturated rings. The number of halogens is 2. The van der Waals surface area contributed by atoms with Gasteiger partial charge in [0.05, 0.1) is 0 Å². The van der Waals surface area contributed by atoms with Crippen molar-refractivity contribution in [1.82, 2.24) is 0 Å². The number of Topliss-reactive ketones (excluding diaryl/α,β-unsaturated/α-hetero) is 1. The van der Waals surface area contributed by atoms with Gasteiger partial charge >= 0.3 is 0 Å². The van der Waals surface area contributed by atoms with Crippen LogP contribution in [0.4, 0.5) is 8.78 Å². The summed E-state index contributed by atoms with van der Waals surface area (Å²) < 4.78 is 29.0. The van der Waals surface area contributed by atoms with Gasteiger partial charge in [-0.3, -0.25) is 4.79 Å². The lowest BCUT2D eigenvalue weighted by Crippen LogP contribution is -2.16. The Hall–Kier alpha value is -1.25. The third kappa shape index (κ3) is 3.09. The molecule has 2 saturated carbocycles. The highest BCUT2D eigenvalue weighted by Crippen LogP contribution is 2.39. The Kier molecular flexibility index (Phi) is 4.60. The van der Waals surface area contributed by atoms with Crippen LogP contribution in [0.5, 0.6) is 0 Å². The molecule has 2 aliphatic rings. The molecule has 120 valence electrons. The summed E-state index contributed by atoms with van der Waals surface area (Å²) in [6, 6.07) is 3.57. The number of carbonyl (C=O) groups excluding carboxylic acids is 1. The SMILES string of the molecule is CC1CCC(c2ccc(C3CCC(=O)CC3)c(F)c2F)CC1. The maximum atomic E-state index is 14.5. The van der Waals surface area contributed by atoms with Crippen LogP contribution in [0.1, 0.15) is 81.3 Å². The standard InChI is InChI=1S/C19H24F2O/c1-12-2-4-13(5-3-12)16-10-11-17(19(21)18(16)20)14-6-8-15(22)9-7-14/h10-14H,2-9H2,1H3. The van der Waals surface area contributed by atoms with E-state index < -0.39 is 11.6 Å². The maximum absolute atomic E-state index is 14.5. The topological polar surface area (TPSA) is 17.1 Å². The average molecular weight is 306 g/mol. The molecule has 3 heteroatoms. The highest BCUT2D eigenvalue weighted by Gasteiger charge is 2.28. The van der Waals surface area contributed by atoms with Crippen LogP contribution in [-0.4, -0.2) is 5.78 Å². The zero-order valence-electron chi connectivity index (χ0n) is 13.2. The molecule has 0 bridgehead atoms. The lowest BCUT2D eigenvalue weighted by molar-refractivity contribution is -0.120. The minimum atomic E-state index is -0.671. The fourth-order valence-electron chi connectivity index (χ4n) is 4.03. The van der Waals surface area contributed by atoms with Crippen molar-refractivity contribution in [3.63, 3.8) is 0 Å². The first-order chi connectivity index (χ1) is 10.6. The molecule has 0 saturated heterocycles. The molecule has 0 aliphatic heterocycles. The average Bonchev–Trinajstić information content (AvgIpc) is 2.52. The molecule has 0 aromatic heterocycles. The predicted octanol–water partition coefficient (Wildman–Crippen LogP) is 5.49. The molecule has 0 atom stereocenters. The van der Waals surface area contributed by atoms with Gasteiger partial charge in [0.15, 0.2) is 11.6 Å². The van der Waals surface area contributed by atoms with Gasteiger partial charge in [0.2, 0.25) is 0 Å². The quantitative estimate of drug-likeness (QED) is 0.706. The van der Waals surface area contributed by atoms with E-state index in [4.69, 9.17) is 0 Å². The number of rotatable bonds is 2. The second kappa shape index (κ2) is 6.47. The summed E-state index contributed by atoms with van der Waals surface area (Å²) in [6.07, 6.45) is 6.38. The van der Waals surface area contributed by atoms with Gasteiger partial charge in [-0.25, -0.2) is 8.78 Å². The molecule has 0 radical (unpaired) electrons. The van der Waals surface area contributed by atoms with Crippen LogP contribution in [0, 0.1) is 17.6 Å². The third-order valence-electron chi connectivity index (χ3n) is 5.58. The van der Waals surface area contributed by atoms with Crippen molar-refractivity contribution in [1.29, 1.82) is 0 Å². The van der Waals surface area contributed by atoms with Crippen LogP contribution in [-0.2, 0) is 4.79 Å². The van der Waals surface area contributed by atoms with Crippen LogP contribution in [0.15, 0.2) is 12.1 Å². The van der Waals surface area contributed by atoms with Gasteiger partial charge < -0.3 is 0 Å². The first-order valence-corrected chi connectivity index (χ1v) is 8.55. The molecule has 3 rings (SSSR count). The van der Waals surface area contributed by atoms with E-state index in [9.17, 15) is 13.6 Å². The molecule has 1 aromatic carbocycles. The van der Waals surface area contributed by atoms with E-state index in [1.165, 1.54) is 0 Å². The number of ketones is 1. The van der Waals surface area contributed by atoms with Gasteiger partial charge in [0.25, 0.3) is 0 Å². The van der Waals surface area contributed by atoms with Gasteiger partial charge in [0.1, 0.15) is 5.78 Å². The van der Waals surface area contributed by atoms with Crippen LogP contribution in [0.2, 0.25) is 0 Å². The zero-order chi connectivity index (χ0) is 15.7. The van der Waals surface area contributed by atoms with Crippen molar-refractivity contribution in [3.8, 4) is 0 Å². The first kappa shape index (κ1) is 15.6. The molecule has 22 heavy (non-hydrogen) atoms. The Labute approximate surface area is 131 Å².